The van der Waals surface area contributed by atoms with E-state index in [1.54, 1.807) is 24.5 Å². The van der Waals surface area contributed by atoms with Crippen molar-refractivity contribution >= 4 is 56.4 Å². The van der Waals surface area contributed by atoms with E-state index in [1.165, 1.54) is 48.9 Å². The van der Waals surface area contributed by atoms with Crippen LogP contribution in [0, 0.1) is 87.5 Å². The molecule has 0 aliphatic carbocycles. The fraction of sp³-hybridized carbons (Fsp3) is 0.478. The van der Waals surface area contributed by atoms with Crippen LogP contribution >= 0.6 is 46.3 Å². The summed E-state index contributed by atoms with van der Waals surface area (Å²) in [5, 5.41) is 47.4. The van der Waals surface area contributed by atoms with Crippen LogP contribution in [0.5, 0.6) is 0 Å². The second kappa shape index (κ2) is 41.5. The van der Waals surface area contributed by atoms with E-state index in [4.69, 9.17) is 53.1 Å². The molecule has 1 unspecified atom stereocenters. The van der Waals surface area contributed by atoms with E-state index in [0.717, 1.165) is 62.2 Å². The van der Waals surface area contributed by atoms with Crippen LogP contribution in [0.4, 0.5) is 17.6 Å². The molecule has 0 saturated carbocycles. The number of pyridine rings is 2. The molecule has 10 rings (SSSR count). The van der Waals surface area contributed by atoms with Gasteiger partial charge in [0.15, 0.2) is 53.5 Å². The van der Waals surface area contributed by atoms with Gasteiger partial charge in [0.05, 0.1) is 21.8 Å². The van der Waals surface area contributed by atoms with E-state index in [2.05, 4.69) is 111 Å². The average Bonchev–Trinajstić information content (AvgIpc) is 1.56. The number of oxazole rings is 1. The normalized spacial score (nSPS) is 12.1. The topological polar surface area (TPSA) is 276 Å². The number of likely N-dealkylation sites (tertiary alicyclic amines) is 1. The van der Waals surface area contributed by atoms with Crippen molar-refractivity contribution in [2.75, 3.05) is 13.1 Å². The van der Waals surface area contributed by atoms with Crippen molar-refractivity contribution in [1.29, 1.82) is 21.0 Å². The molecule has 27 heteroatoms. The van der Waals surface area contributed by atoms with Crippen molar-refractivity contribution in [3.63, 3.8) is 0 Å². The van der Waals surface area contributed by atoms with Gasteiger partial charge in [-0.2, -0.15) is 30.4 Å². The summed E-state index contributed by atoms with van der Waals surface area (Å²) >= 11 is 14.5. The second-order valence-corrected chi connectivity index (χ2v) is 27.7. The maximum Gasteiger partial charge on any atom is 0.329 e. The van der Waals surface area contributed by atoms with Crippen LogP contribution < -0.4 is 5.56 Å². The third kappa shape index (κ3) is 28.5. The summed E-state index contributed by atoms with van der Waals surface area (Å²) in [5.41, 5.74) is 1.80. The van der Waals surface area contributed by atoms with Crippen LogP contribution in [0.3, 0.4) is 0 Å². The van der Waals surface area contributed by atoms with E-state index in [9.17, 15) is 22.4 Å². The average molecular weight is 1400 g/mol. The summed E-state index contributed by atoms with van der Waals surface area (Å²) < 4.78 is 72.5. The third-order valence-corrected chi connectivity index (χ3v) is 16.0. The van der Waals surface area contributed by atoms with Gasteiger partial charge in [0.1, 0.15) is 21.7 Å². The fourth-order valence-corrected chi connectivity index (χ4v) is 9.75. The fourth-order valence-electron chi connectivity index (χ4n) is 7.66. The summed E-state index contributed by atoms with van der Waals surface area (Å²) in [6, 6.07) is 18.9. The Bertz CT molecular complexity index is 3850. The zero-order valence-corrected chi connectivity index (χ0v) is 61.3. The molecule has 0 N–H and O–H groups in total. The first kappa shape index (κ1) is 83.6. The summed E-state index contributed by atoms with van der Waals surface area (Å²) in [5.74, 6) is 0.741. The molecule has 0 bridgehead atoms. The third-order valence-electron chi connectivity index (χ3n) is 13.3. The number of hydrogen-bond acceptors (Lipinski definition) is 20. The number of hydrogen-bond donors (Lipinski definition) is 0. The van der Waals surface area contributed by atoms with E-state index in [0.29, 0.717) is 40.5 Å². The van der Waals surface area contributed by atoms with E-state index in [-0.39, 0.29) is 46.7 Å². The first-order valence-corrected chi connectivity index (χ1v) is 33.2. The van der Waals surface area contributed by atoms with Gasteiger partial charge in [-0.1, -0.05) is 174 Å². The molecule has 0 radical (unpaired) electrons. The molecule has 19 nitrogen and oxygen atoms in total. The van der Waals surface area contributed by atoms with Crippen LogP contribution in [0.2, 0.25) is 10.2 Å². The smallest absolute Gasteiger partial charge is 0.329 e. The van der Waals surface area contributed by atoms with Gasteiger partial charge in [-0.15, -0.1) is 5.10 Å². The molecule has 0 spiro atoms. The van der Waals surface area contributed by atoms with Crippen LogP contribution in [0.25, 0.3) is 10.1 Å². The largest absolute Gasteiger partial charge is 0.433 e. The Morgan fingerprint density at radius 2 is 1.28 bits per heavy atom. The van der Waals surface area contributed by atoms with Crippen molar-refractivity contribution < 1.29 is 30.9 Å². The number of aromatic nitrogens is 10. The predicted octanol–water partition coefficient (Wildman–Crippen LogP) is 19.1. The minimum Gasteiger partial charge on any atom is -0.433 e. The lowest BCUT2D eigenvalue weighted by Gasteiger charge is -2.17. The Morgan fingerprint density at radius 1 is 0.667 bits per heavy atom. The summed E-state index contributed by atoms with van der Waals surface area (Å²) in [6.45, 7) is 41.8. The number of aryl methyl sites for hydroxylation is 1. The molecule has 0 amide bonds. The Kier molecular flexibility index (Phi) is 36.1. The summed E-state index contributed by atoms with van der Waals surface area (Å²) in [4.78, 5) is 33.5. The number of rotatable bonds is 8. The highest BCUT2D eigenvalue weighted by Crippen LogP contribution is 2.27. The first-order chi connectivity index (χ1) is 45.0. The molecule has 9 aromatic rings. The van der Waals surface area contributed by atoms with E-state index >= 15 is 0 Å². The SMILES string of the molecule is CC(C)(C)n1sc2ccccc2c1=O.CC(C)C1CCN(C#N)C1.CC(C)c1c(F)c(F)cc(F)c1F.CC(C)c1ccc(Cl)nc1.CC(C)c1cnc(C#N)o1.CC(C)c1cnccc1Cl.CC(C)c1nnc(C#N)o1.CC(C)c1noc(C#N)n1.Cc1nc(C(C)C)ns1. The van der Waals surface area contributed by atoms with Gasteiger partial charge in [0.25, 0.3) is 5.56 Å². The Labute approximate surface area is 579 Å². The van der Waals surface area contributed by atoms with Crippen LogP contribution in [-0.2, 0) is 5.54 Å². The van der Waals surface area contributed by atoms with Crippen LogP contribution in [-0.4, -0.2) is 66.6 Å². The van der Waals surface area contributed by atoms with Crippen molar-refractivity contribution in [2.24, 2.45) is 11.8 Å². The summed E-state index contributed by atoms with van der Waals surface area (Å²) in [6.07, 6.45) is 10.3. The van der Waals surface area contributed by atoms with Gasteiger partial charge in [0, 0.05) is 72.0 Å². The summed E-state index contributed by atoms with van der Waals surface area (Å²) in [7, 11) is 0. The maximum atomic E-state index is 12.9. The second-order valence-electron chi connectivity index (χ2n) is 25.0. The zero-order chi connectivity index (χ0) is 72.7. The molecule has 1 atom stereocenters. The number of benzene rings is 2. The van der Waals surface area contributed by atoms with Crippen molar-refractivity contribution in [3.8, 4) is 24.4 Å². The van der Waals surface area contributed by atoms with Crippen molar-refractivity contribution in [2.45, 2.75) is 192 Å². The van der Waals surface area contributed by atoms with Gasteiger partial charge >= 0.3 is 17.7 Å². The van der Waals surface area contributed by atoms with Gasteiger partial charge in [-0.3, -0.25) is 13.7 Å². The Hall–Kier alpha value is -8.46. The lowest BCUT2D eigenvalue weighted by Crippen LogP contribution is -2.29. The van der Waals surface area contributed by atoms with Crippen molar-refractivity contribution in [1.82, 2.24) is 53.5 Å². The lowest BCUT2D eigenvalue weighted by atomic mass is 9.95. The highest BCUT2D eigenvalue weighted by Gasteiger charge is 2.24. The quantitative estimate of drug-likeness (QED) is 0.0591. The Morgan fingerprint density at radius 3 is 1.64 bits per heavy atom. The minimum atomic E-state index is -1.36. The number of fused-ring (bicyclic) bond motifs is 1. The molecule has 1 aliphatic rings. The number of nitriles is 4. The zero-order valence-electron chi connectivity index (χ0n) is 58.2. The van der Waals surface area contributed by atoms with Crippen LogP contribution in [0.15, 0.2) is 91.5 Å². The molecule has 1 fully saturated rings. The molecular formula is C69H87Cl2F4N15O4S2. The highest BCUT2D eigenvalue weighted by atomic mass is 35.5. The monoisotopic (exact) mass is 1400 g/mol. The molecular weight excluding hydrogens is 1310 g/mol. The Balaban J connectivity index is 0.000000369. The maximum absolute atomic E-state index is 12.9. The standard InChI is InChI=1S/C11H13NOS.C9H8F4.2C8H10ClN.C8H14N2.C7H8N2O.2C6H7N3O.C6H10N2S/c1-11(2,3)12-10(13)8-6-4-5-7-9(8)14-12;1-4(2)7-8(12)5(10)3-6(11)9(7)13;1-6(2)7-5-10-4-3-8(7)9;1-6(2)7-3-4-8(9)10-5-7;1-7(2)8-3-4-10(5-8)6-9;1-5(2)6-4-9-7(3-8)10-6;1-4(2)6-9-8-5(3-7)10-6;1-4(2)6-8-5(3-7)10-9-6;1-4(2)6-7-5(3)9-8-6/h4-7H,1-3H3;3-4H,1-2H3;2*3-6H,1-2H3;7-8H,3-5H2,1-2H3;4-5H,1-2H3;2*4H,1-2H3;4H,1-3H3. The predicted molar refractivity (Wildman–Crippen MR) is 368 cm³/mol. The molecule has 7 aromatic heterocycles. The van der Waals surface area contributed by atoms with Gasteiger partial charge in [-0.25, -0.2) is 32.5 Å². The molecule has 2 aromatic carbocycles. The van der Waals surface area contributed by atoms with E-state index in [1.807, 2.05) is 139 Å². The van der Waals surface area contributed by atoms with Gasteiger partial charge < -0.3 is 18.3 Å². The van der Waals surface area contributed by atoms with Crippen molar-refractivity contribution in [3.05, 3.63) is 180 Å². The lowest BCUT2D eigenvalue weighted by molar-refractivity contribution is 0.380. The molecule has 516 valence electrons. The molecule has 96 heavy (non-hydrogen) atoms. The van der Waals surface area contributed by atoms with Gasteiger partial charge in [-0.05, 0) is 111 Å². The minimum absolute atomic E-state index is 0.0312. The first-order valence-electron chi connectivity index (χ1n) is 30.9. The van der Waals surface area contributed by atoms with Crippen LogP contribution in [0.1, 0.15) is 242 Å². The molecule has 8 heterocycles. The number of nitrogens with zero attached hydrogens (tertiary/aromatic N) is 15. The highest BCUT2D eigenvalue weighted by molar-refractivity contribution is 7.13. The number of halogens is 6. The van der Waals surface area contributed by atoms with E-state index < -0.39 is 34.8 Å². The van der Waals surface area contributed by atoms with Gasteiger partial charge in [0.2, 0.25) is 5.89 Å². The molecule has 1 aliphatic heterocycles. The molecule has 1 saturated heterocycles.